The molecule has 1 fully saturated rings. The van der Waals surface area contributed by atoms with Crippen molar-refractivity contribution in [3.05, 3.63) is 23.8 Å². The van der Waals surface area contributed by atoms with Gasteiger partial charge in [-0.05, 0) is 36.6 Å². The van der Waals surface area contributed by atoms with Crippen LogP contribution in [0.1, 0.15) is 18.4 Å². The molecule has 1 aromatic rings. The minimum atomic E-state index is 0.218. The third-order valence-corrected chi connectivity index (χ3v) is 3.65. The second-order valence-corrected chi connectivity index (χ2v) is 5.04. The van der Waals surface area contributed by atoms with Crippen molar-refractivity contribution in [3.63, 3.8) is 0 Å². The first-order valence-corrected chi connectivity index (χ1v) is 6.62. The summed E-state index contributed by atoms with van der Waals surface area (Å²) in [5.74, 6) is 0.218. The Morgan fingerprint density at radius 3 is 2.94 bits per heavy atom. The molecule has 1 aliphatic carbocycles. The zero-order chi connectivity index (χ0) is 12.5. The Bertz CT molecular complexity index is 468. The third-order valence-electron chi connectivity index (χ3n) is 3.65. The van der Waals surface area contributed by atoms with Gasteiger partial charge in [0.15, 0.2) is 0 Å². The highest BCUT2D eigenvalue weighted by atomic mass is 16.2. The van der Waals surface area contributed by atoms with E-state index in [4.69, 9.17) is 0 Å². The van der Waals surface area contributed by atoms with Crippen LogP contribution in [-0.2, 0) is 11.2 Å². The molecule has 3 rings (SSSR count). The summed E-state index contributed by atoms with van der Waals surface area (Å²) in [6, 6.07) is 6.84. The number of amides is 1. The molecule has 1 saturated carbocycles. The second kappa shape index (κ2) is 4.61. The molecule has 2 aliphatic rings. The largest absolute Gasteiger partial charge is 0.388 e. The SMILES string of the molecule is CNc1ccc2c(c1)CC(=O)N2CCNC1CC1. The number of carbonyl (C=O) groups is 1. The standard InChI is InChI=1S/C14H19N3O/c1-15-12-4-5-13-10(8-12)9-14(18)17(13)7-6-16-11-2-3-11/h4-5,8,11,15-16H,2-3,6-7,9H2,1H3. The van der Waals surface area contributed by atoms with E-state index in [0.717, 1.165) is 30.0 Å². The van der Waals surface area contributed by atoms with Crippen molar-refractivity contribution in [2.45, 2.75) is 25.3 Å². The summed E-state index contributed by atoms with van der Waals surface area (Å²) in [6.45, 7) is 1.67. The molecule has 4 heteroatoms. The first kappa shape index (κ1) is 11.5. The molecular formula is C14H19N3O. The predicted octanol–water partition coefficient (Wildman–Crippen LogP) is 1.37. The topological polar surface area (TPSA) is 44.4 Å². The highest BCUT2D eigenvalue weighted by Gasteiger charge is 2.27. The van der Waals surface area contributed by atoms with Gasteiger partial charge < -0.3 is 15.5 Å². The lowest BCUT2D eigenvalue weighted by Gasteiger charge is -2.18. The van der Waals surface area contributed by atoms with Crippen LogP contribution in [0.2, 0.25) is 0 Å². The van der Waals surface area contributed by atoms with Crippen LogP contribution < -0.4 is 15.5 Å². The van der Waals surface area contributed by atoms with Crippen LogP contribution in [0.3, 0.4) is 0 Å². The van der Waals surface area contributed by atoms with E-state index in [1.165, 1.54) is 12.8 Å². The van der Waals surface area contributed by atoms with Crippen LogP contribution >= 0.6 is 0 Å². The van der Waals surface area contributed by atoms with Gasteiger partial charge in [-0.2, -0.15) is 0 Å². The van der Waals surface area contributed by atoms with Crippen LogP contribution in [0.15, 0.2) is 18.2 Å². The summed E-state index contributed by atoms with van der Waals surface area (Å²) >= 11 is 0. The molecule has 0 bridgehead atoms. The highest BCUT2D eigenvalue weighted by molar-refractivity contribution is 6.01. The van der Waals surface area contributed by atoms with Crippen molar-refractivity contribution in [2.75, 3.05) is 30.4 Å². The molecule has 18 heavy (non-hydrogen) atoms. The maximum atomic E-state index is 12.0. The summed E-state index contributed by atoms with van der Waals surface area (Å²) in [5, 5.41) is 6.56. The summed E-state index contributed by atoms with van der Waals surface area (Å²) in [7, 11) is 1.90. The maximum Gasteiger partial charge on any atom is 0.231 e. The monoisotopic (exact) mass is 245 g/mol. The fourth-order valence-corrected chi connectivity index (χ4v) is 2.45. The van der Waals surface area contributed by atoms with Gasteiger partial charge in [0.25, 0.3) is 0 Å². The fraction of sp³-hybridized carbons (Fsp3) is 0.500. The van der Waals surface area contributed by atoms with Gasteiger partial charge in [-0.1, -0.05) is 0 Å². The van der Waals surface area contributed by atoms with Crippen LogP contribution in [0.4, 0.5) is 11.4 Å². The normalized spacial score (nSPS) is 18.1. The second-order valence-electron chi connectivity index (χ2n) is 5.04. The van der Waals surface area contributed by atoms with E-state index < -0.39 is 0 Å². The molecule has 0 radical (unpaired) electrons. The number of anilines is 2. The lowest BCUT2D eigenvalue weighted by molar-refractivity contribution is -0.117. The number of carbonyl (C=O) groups excluding carboxylic acids is 1. The lowest BCUT2D eigenvalue weighted by Crippen LogP contribution is -2.35. The highest BCUT2D eigenvalue weighted by Crippen LogP contribution is 2.30. The molecule has 1 aliphatic heterocycles. The molecule has 1 heterocycles. The van der Waals surface area contributed by atoms with Crippen LogP contribution in [0.25, 0.3) is 0 Å². The number of nitrogens with one attached hydrogen (secondary N) is 2. The number of nitrogens with zero attached hydrogens (tertiary/aromatic N) is 1. The Morgan fingerprint density at radius 2 is 2.22 bits per heavy atom. The van der Waals surface area contributed by atoms with Gasteiger partial charge in [0, 0.05) is 37.6 Å². The Hall–Kier alpha value is -1.55. The van der Waals surface area contributed by atoms with Crippen molar-refractivity contribution in [1.82, 2.24) is 5.32 Å². The minimum Gasteiger partial charge on any atom is -0.388 e. The van der Waals surface area contributed by atoms with Gasteiger partial charge in [0.1, 0.15) is 0 Å². The maximum absolute atomic E-state index is 12.0. The van der Waals surface area contributed by atoms with Gasteiger partial charge >= 0.3 is 0 Å². The molecule has 1 amide bonds. The van der Waals surface area contributed by atoms with Gasteiger partial charge in [-0.15, -0.1) is 0 Å². The predicted molar refractivity (Wildman–Crippen MR) is 73.1 cm³/mol. The lowest BCUT2D eigenvalue weighted by atomic mass is 10.1. The van der Waals surface area contributed by atoms with Crippen molar-refractivity contribution in [1.29, 1.82) is 0 Å². The van der Waals surface area contributed by atoms with Gasteiger partial charge in [0.2, 0.25) is 5.91 Å². The minimum absolute atomic E-state index is 0.218. The fourth-order valence-electron chi connectivity index (χ4n) is 2.45. The number of fused-ring (bicyclic) bond motifs is 1. The number of hydrogen-bond donors (Lipinski definition) is 2. The Labute approximate surface area is 107 Å². The van der Waals surface area contributed by atoms with Crippen molar-refractivity contribution in [2.24, 2.45) is 0 Å². The molecular weight excluding hydrogens is 226 g/mol. The van der Waals surface area contributed by atoms with Crippen molar-refractivity contribution in [3.8, 4) is 0 Å². The van der Waals surface area contributed by atoms with Crippen molar-refractivity contribution < 1.29 is 4.79 Å². The number of benzene rings is 1. The molecule has 0 spiro atoms. The van der Waals surface area contributed by atoms with E-state index in [0.29, 0.717) is 12.5 Å². The molecule has 0 aromatic heterocycles. The summed E-state index contributed by atoms with van der Waals surface area (Å²) in [6.07, 6.45) is 3.11. The average molecular weight is 245 g/mol. The van der Waals surface area contributed by atoms with Crippen LogP contribution in [0.5, 0.6) is 0 Å². The summed E-state index contributed by atoms with van der Waals surface area (Å²) in [5.41, 5.74) is 3.29. The van der Waals surface area contributed by atoms with E-state index in [1.54, 1.807) is 0 Å². The quantitative estimate of drug-likeness (QED) is 0.823. The number of hydrogen-bond acceptors (Lipinski definition) is 3. The summed E-state index contributed by atoms with van der Waals surface area (Å²) in [4.78, 5) is 13.9. The molecule has 0 saturated heterocycles. The first-order valence-electron chi connectivity index (χ1n) is 6.62. The molecule has 96 valence electrons. The van der Waals surface area contributed by atoms with Gasteiger partial charge in [-0.25, -0.2) is 0 Å². The van der Waals surface area contributed by atoms with Gasteiger partial charge in [0.05, 0.1) is 6.42 Å². The van der Waals surface area contributed by atoms with E-state index in [-0.39, 0.29) is 5.91 Å². The van der Waals surface area contributed by atoms with E-state index in [2.05, 4.69) is 16.7 Å². The molecule has 0 atom stereocenters. The van der Waals surface area contributed by atoms with E-state index in [9.17, 15) is 4.79 Å². The molecule has 1 aromatic carbocycles. The number of rotatable bonds is 5. The average Bonchev–Trinajstić information content (AvgIpc) is 3.14. The van der Waals surface area contributed by atoms with Gasteiger partial charge in [-0.3, -0.25) is 4.79 Å². The van der Waals surface area contributed by atoms with Crippen LogP contribution in [0, 0.1) is 0 Å². The Morgan fingerprint density at radius 1 is 1.39 bits per heavy atom. The summed E-state index contributed by atoms with van der Waals surface area (Å²) < 4.78 is 0. The Balaban J connectivity index is 1.69. The zero-order valence-electron chi connectivity index (χ0n) is 10.7. The molecule has 4 nitrogen and oxygen atoms in total. The zero-order valence-corrected chi connectivity index (χ0v) is 10.7. The van der Waals surface area contributed by atoms with E-state index >= 15 is 0 Å². The first-order chi connectivity index (χ1) is 8.78. The molecule has 2 N–H and O–H groups in total. The third kappa shape index (κ3) is 2.20. The molecule has 0 unspecified atom stereocenters. The van der Waals surface area contributed by atoms with E-state index in [1.807, 2.05) is 24.1 Å². The van der Waals surface area contributed by atoms with Crippen molar-refractivity contribution >= 4 is 17.3 Å². The Kier molecular flexibility index (Phi) is 2.96. The smallest absolute Gasteiger partial charge is 0.231 e. The van der Waals surface area contributed by atoms with Crippen LogP contribution in [-0.4, -0.2) is 32.1 Å².